The summed E-state index contributed by atoms with van der Waals surface area (Å²) in [6.07, 6.45) is 3.26. The maximum Gasteiger partial charge on any atom is 0.308 e. The molecule has 0 saturated carbocycles. The Labute approximate surface area is 197 Å². The quantitative estimate of drug-likeness (QED) is 0.303. The number of hydrogen-bond acceptors (Lipinski definition) is 5. The molecule has 34 heavy (non-hydrogen) atoms. The molecule has 9 heteroatoms. The van der Waals surface area contributed by atoms with Crippen molar-refractivity contribution in [1.82, 2.24) is 35.4 Å². The van der Waals surface area contributed by atoms with Crippen LogP contribution in [0.4, 0.5) is 8.78 Å². The first-order chi connectivity index (χ1) is 16.5. The number of alkyl halides is 2. The minimum Gasteiger partial charge on any atom is -0.245 e. The first-order valence-electron chi connectivity index (χ1n) is 11.8. The van der Waals surface area contributed by atoms with E-state index in [9.17, 15) is 8.78 Å². The summed E-state index contributed by atoms with van der Waals surface area (Å²) in [5, 5.41) is 18.6. The summed E-state index contributed by atoms with van der Waals surface area (Å²) in [7, 11) is 0. The van der Waals surface area contributed by atoms with Crippen molar-refractivity contribution in [2.75, 3.05) is 0 Å². The highest BCUT2D eigenvalue weighted by atomic mass is 19.3. The average Bonchev–Trinajstić information content (AvgIpc) is 3.53. The van der Waals surface area contributed by atoms with Gasteiger partial charge in [0, 0.05) is 18.4 Å². The predicted octanol–water partition coefficient (Wildman–Crippen LogP) is 5.80. The minimum absolute atomic E-state index is 0.249. The molecule has 0 aliphatic rings. The van der Waals surface area contributed by atoms with Crippen LogP contribution in [-0.4, -0.2) is 35.4 Å². The highest BCUT2D eigenvalue weighted by Gasteiger charge is 2.36. The fraction of sp³-hybridized carbons (Fsp3) is 0.400. The maximum atomic E-state index is 14.8. The van der Waals surface area contributed by atoms with Crippen LogP contribution in [0.3, 0.4) is 0 Å². The number of nitrogens with zero attached hydrogens (tertiary/aromatic N) is 6. The van der Waals surface area contributed by atoms with E-state index in [1.165, 1.54) is 0 Å². The number of benzene rings is 2. The van der Waals surface area contributed by atoms with Crippen molar-refractivity contribution in [1.29, 1.82) is 0 Å². The van der Waals surface area contributed by atoms with Crippen LogP contribution in [0.5, 0.6) is 0 Å². The lowest BCUT2D eigenvalue weighted by atomic mass is 9.98. The van der Waals surface area contributed by atoms with Crippen molar-refractivity contribution in [3.63, 3.8) is 0 Å². The van der Waals surface area contributed by atoms with Gasteiger partial charge in [-0.2, -0.15) is 8.78 Å². The van der Waals surface area contributed by atoms with Crippen molar-refractivity contribution in [2.24, 2.45) is 0 Å². The molecule has 0 aliphatic carbocycles. The van der Waals surface area contributed by atoms with Gasteiger partial charge in [0.15, 0.2) is 5.82 Å². The van der Waals surface area contributed by atoms with Crippen molar-refractivity contribution >= 4 is 0 Å². The monoisotopic (exact) mass is 465 g/mol. The number of nitrogens with one attached hydrogen (secondary N) is 1. The second-order valence-corrected chi connectivity index (χ2v) is 8.41. The molecule has 0 spiro atoms. The molecule has 4 aromatic rings. The van der Waals surface area contributed by atoms with Crippen LogP contribution in [0.2, 0.25) is 0 Å². The fourth-order valence-corrected chi connectivity index (χ4v) is 3.87. The normalized spacial score (nSPS) is 11.8. The summed E-state index contributed by atoms with van der Waals surface area (Å²) < 4.78 is 31.1. The number of aryl methyl sites for hydroxylation is 1. The molecule has 0 amide bonds. The number of halogens is 2. The van der Waals surface area contributed by atoms with Gasteiger partial charge in [-0.25, -0.2) is 14.8 Å². The van der Waals surface area contributed by atoms with E-state index in [0.29, 0.717) is 37.5 Å². The summed E-state index contributed by atoms with van der Waals surface area (Å²) in [6.45, 7) is 4.25. The molecule has 0 unspecified atom stereocenters. The van der Waals surface area contributed by atoms with Gasteiger partial charge in [0.05, 0.1) is 6.54 Å². The van der Waals surface area contributed by atoms with E-state index in [4.69, 9.17) is 0 Å². The van der Waals surface area contributed by atoms with E-state index in [0.717, 1.165) is 35.1 Å². The van der Waals surface area contributed by atoms with Crippen molar-refractivity contribution in [3.05, 3.63) is 65.7 Å². The third-order valence-corrected chi connectivity index (χ3v) is 5.81. The van der Waals surface area contributed by atoms with Crippen molar-refractivity contribution < 1.29 is 8.78 Å². The molecule has 0 bridgehead atoms. The van der Waals surface area contributed by atoms with E-state index >= 15 is 0 Å². The zero-order valence-electron chi connectivity index (χ0n) is 19.5. The molecule has 1 N–H and O–H groups in total. The Hall–Kier alpha value is -3.49. The van der Waals surface area contributed by atoms with Crippen molar-refractivity contribution in [2.45, 2.75) is 64.8 Å². The molecule has 2 aromatic heterocycles. The largest absolute Gasteiger partial charge is 0.308 e. The van der Waals surface area contributed by atoms with Gasteiger partial charge in [0.2, 0.25) is 5.82 Å². The lowest BCUT2D eigenvalue weighted by Gasteiger charge is -2.12. The molecule has 4 rings (SSSR count). The molecule has 0 saturated heterocycles. The van der Waals surface area contributed by atoms with Gasteiger partial charge in [-0.05, 0) is 46.0 Å². The Morgan fingerprint density at radius 2 is 1.76 bits per heavy atom. The van der Waals surface area contributed by atoms with E-state index in [-0.39, 0.29) is 6.42 Å². The van der Waals surface area contributed by atoms with Crippen molar-refractivity contribution in [3.8, 4) is 22.5 Å². The number of aromatic nitrogens is 7. The summed E-state index contributed by atoms with van der Waals surface area (Å²) >= 11 is 0. The topological polar surface area (TPSA) is 85.2 Å². The Bertz CT molecular complexity index is 1190. The van der Waals surface area contributed by atoms with Crippen LogP contribution in [0.15, 0.2) is 48.5 Å². The molecular formula is C25H29F2N7. The third-order valence-electron chi connectivity index (χ3n) is 5.81. The number of H-pyrrole nitrogens is 1. The van der Waals surface area contributed by atoms with E-state index in [1.807, 2.05) is 55.5 Å². The van der Waals surface area contributed by atoms with Crippen LogP contribution in [0.25, 0.3) is 22.5 Å². The van der Waals surface area contributed by atoms with Crippen LogP contribution in [0.1, 0.15) is 63.2 Å². The smallest absolute Gasteiger partial charge is 0.245 e. The van der Waals surface area contributed by atoms with Gasteiger partial charge in [0.1, 0.15) is 5.82 Å². The zero-order valence-corrected chi connectivity index (χ0v) is 19.5. The van der Waals surface area contributed by atoms with Gasteiger partial charge in [0.25, 0.3) is 0 Å². The molecular weight excluding hydrogens is 436 g/mol. The van der Waals surface area contributed by atoms with Crippen LogP contribution in [-0.2, 0) is 18.9 Å². The maximum absolute atomic E-state index is 14.8. The summed E-state index contributed by atoms with van der Waals surface area (Å²) in [4.78, 5) is 4.28. The number of hydrogen-bond donors (Lipinski definition) is 1. The first-order valence-corrected chi connectivity index (χ1v) is 11.8. The Kier molecular flexibility index (Phi) is 7.40. The highest BCUT2D eigenvalue weighted by molar-refractivity contribution is 5.72. The molecule has 178 valence electrons. The molecule has 0 fully saturated rings. The van der Waals surface area contributed by atoms with Gasteiger partial charge in [-0.15, -0.1) is 10.2 Å². The Balaban J connectivity index is 1.72. The van der Waals surface area contributed by atoms with E-state index in [1.54, 1.807) is 4.68 Å². The minimum atomic E-state index is -3.04. The lowest BCUT2D eigenvalue weighted by molar-refractivity contribution is -0.0245. The molecule has 2 heterocycles. The number of aromatic amines is 1. The fourth-order valence-electron chi connectivity index (χ4n) is 3.87. The van der Waals surface area contributed by atoms with E-state index in [2.05, 4.69) is 37.6 Å². The summed E-state index contributed by atoms with van der Waals surface area (Å²) in [5.41, 5.74) is 3.73. The van der Waals surface area contributed by atoms with Crippen LogP contribution in [0, 0.1) is 0 Å². The standard InChI is InChI=1S/C25H29F2N7/c1-3-5-12-22-28-24(25(26,27)15-6-4-2)31-34(22)17-20-14-13-19(18-10-8-7-9-11-18)16-21(20)23-29-32-33-30-23/h7-11,13-14,16H,3-6,12,15,17H2,1-2H3,(H,29,30,32,33). The van der Waals surface area contributed by atoms with Gasteiger partial charge < -0.3 is 0 Å². The second-order valence-electron chi connectivity index (χ2n) is 8.41. The number of tetrazole rings is 1. The second kappa shape index (κ2) is 10.6. The lowest BCUT2D eigenvalue weighted by Crippen LogP contribution is -2.16. The molecule has 2 aromatic carbocycles. The number of unbranched alkanes of at least 4 members (excludes halogenated alkanes) is 2. The molecule has 0 aliphatic heterocycles. The average molecular weight is 466 g/mol. The Morgan fingerprint density at radius 1 is 0.971 bits per heavy atom. The summed E-state index contributed by atoms with van der Waals surface area (Å²) in [5.74, 6) is -2.36. The summed E-state index contributed by atoms with van der Waals surface area (Å²) in [6, 6.07) is 16.0. The SMILES string of the molecule is CCCCc1nc(C(F)(F)CCCC)nn1Cc1ccc(-c2ccccc2)cc1-c1nnn[nH]1. The van der Waals surface area contributed by atoms with Gasteiger partial charge >= 0.3 is 5.92 Å². The molecule has 7 nitrogen and oxygen atoms in total. The third kappa shape index (κ3) is 5.35. The molecule has 0 radical (unpaired) electrons. The number of rotatable bonds is 11. The highest BCUT2D eigenvalue weighted by Crippen LogP contribution is 2.32. The van der Waals surface area contributed by atoms with E-state index < -0.39 is 11.7 Å². The molecule has 0 atom stereocenters. The first kappa shape index (κ1) is 23.7. The van der Waals surface area contributed by atoms with Crippen LogP contribution < -0.4 is 0 Å². The zero-order chi connectivity index (χ0) is 24.0. The van der Waals surface area contributed by atoms with Crippen LogP contribution >= 0.6 is 0 Å². The van der Waals surface area contributed by atoms with Gasteiger partial charge in [-0.3, -0.25) is 0 Å². The van der Waals surface area contributed by atoms with Gasteiger partial charge in [-0.1, -0.05) is 69.2 Å². The Morgan fingerprint density at radius 3 is 2.47 bits per heavy atom. The predicted molar refractivity (Wildman–Crippen MR) is 126 cm³/mol.